The minimum atomic E-state index is -0.324. The molecule has 0 amide bonds. The van der Waals surface area contributed by atoms with Crippen molar-refractivity contribution in [2.24, 2.45) is 0 Å². The second kappa shape index (κ2) is 6.42. The maximum absolute atomic E-state index is 13.3. The summed E-state index contributed by atoms with van der Waals surface area (Å²) in [5.41, 5.74) is 4.31. The Bertz CT molecular complexity index is 844. The van der Waals surface area contributed by atoms with E-state index in [1.807, 2.05) is 0 Å². The van der Waals surface area contributed by atoms with Crippen LogP contribution in [0.4, 0.5) is 4.39 Å². The Balaban J connectivity index is 1.81. The molecule has 0 aliphatic carbocycles. The zero-order valence-electron chi connectivity index (χ0n) is 13.0. The van der Waals surface area contributed by atoms with E-state index in [2.05, 4.69) is 42.2 Å². The van der Waals surface area contributed by atoms with Gasteiger partial charge in [0.15, 0.2) is 5.82 Å². The Labute approximate surface area is 138 Å². The van der Waals surface area contributed by atoms with E-state index in [0.717, 1.165) is 5.75 Å². The second-order valence-electron chi connectivity index (χ2n) is 5.41. The third-order valence-electron chi connectivity index (χ3n) is 3.61. The molecule has 0 radical (unpaired) electrons. The molecule has 2 aromatic carbocycles. The second-order valence-corrected chi connectivity index (χ2v) is 6.35. The van der Waals surface area contributed by atoms with Gasteiger partial charge in [-0.05, 0) is 37.1 Å². The molecule has 0 bridgehead atoms. The number of nitrogens with zero attached hydrogens (tertiary/aromatic N) is 3. The largest absolute Gasteiger partial charge is 0.335 e. The Morgan fingerprint density at radius 1 is 1.13 bits per heavy atom. The van der Waals surface area contributed by atoms with Gasteiger partial charge >= 0.3 is 0 Å². The highest BCUT2D eigenvalue weighted by Crippen LogP contribution is 2.26. The van der Waals surface area contributed by atoms with Crippen LogP contribution in [-0.2, 0) is 5.75 Å². The number of aromatic nitrogens is 3. The van der Waals surface area contributed by atoms with Gasteiger partial charge in [0.1, 0.15) is 5.82 Å². The number of aryl methyl sites for hydroxylation is 2. The standard InChI is InChI=1S/C17H17FN4S/c1-11-6-7-12(2)14(8-11)10-23-17-21-20-16(22(17)19)13-4-3-5-15(18)9-13/h3-9H,10,19H2,1-2H3. The molecular formula is C17H17FN4S. The normalized spacial score (nSPS) is 10.9. The zero-order valence-corrected chi connectivity index (χ0v) is 13.8. The van der Waals surface area contributed by atoms with Crippen LogP contribution in [0, 0.1) is 19.7 Å². The van der Waals surface area contributed by atoms with E-state index in [0.29, 0.717) is 16.5 Å². The highest BCUT2D eigenvalue weighted by atomic mass is 32.2. The molecule has 0 fully saturated rings. The van der Waals surface area contributed by atoms with Crippen molar-refractivity contribution in [1.82, 2.24) is 14.9 Å². The molecule has 1 aromatic heterocycles. The number of thioether (sulfide) groups is 1. The van der Waals surface area contributed by atoms with E-state index < -0.39 is 0 Å². The molecule has 2 N–H and O–H groups in total. The van der Waals surface area contributed by atoms with Crippen LogP contribution in [0.25, 0.3) is 11.4 Å². The molecule has 0 saturated carbocycles. The Morgan fingerprint density at radius 3 is 2.74 bits per heavy atom. The minimum absolute atomic E-state index is 0.324. The van der Waals surface area contributed by atoms with Crippen LogP contribution in [0.2, 0.25) is 0 Å². The first-order chi connectivity index (χ1) is 11.0. The fourth-order valence-electron chi connectivity index (χ4n) is 2.30. The number of benzene rings is 2. The summed E-state index contributed by atoms with van der Waals surface area (Å²) >= 11 is 1.51. The summed E-state index contributed by atoms with van der Waals surface area (Å²) < 4.78 is 14.7. The van der Waals surface area contributed by atoms with Gasteiger partial charge in [-0.1, -0.05) is 47.7 Å². The fraction of sp³-hybridized carbons (Fsp3) is 0.176. The number of halogens is 1. The summed E-state index contributed by atoms with van der Waals surface area (Å²) in [5.74, 6) is 6.95. The van der Waals surface area contributed by atoms with Crippen molar-refractivity contribution >= 4 is 11.8 Å². The van der Waals surface area contributed by atoms with Gasteiger partial charge in [-0.3, -0.25) is 0 Å². The number of nitrogens with two attached hydrogens (primary N) is 1. The van der Waals surface area contributed by atoms with Gasteiger partial charge in [0.05, 0.1) is 0 Å². The van der Waals surface area contributed by atoms with Gasteiger partial charge in [0, 0.05) is 11.3 Å². The van der Waals surface area contributed by atoms with Crippen molar-refractivity contribution in [3.05, 3.63) is 65.0 Å². The molecule has 4 nitrogen and oxygen atoms in total. The van der Waals surface area contributed by atoms with E-state index >= 15 is 0 Å². The molecule has 6 heteroatoms. The summed E-state index contributed by atoms with van der Waals surface area (Å²) in [6.45, 7) is 4.15. The maximum atomic E-state index is 13.3. The minimum Gasteiger partial charge on any atom is -0.335 e. The van der Waals surface area contributed by atoms with Gasteiger partial charge in [-0.15, -0.1) is 10.2 Å². The number of hydrogen-bond donors (Lipinski definition) is 1. The lowest BCUT2D eigenvalue weighted by molar-refractivity contribution is 0.628. The molecule has 0 spiro atoms. The number of rotatable bonds is 4. The fourth-order valence-corrected chi connectivity index (χ4v) is 3.22. The first-order valence-electron chi connectivity index (χ1n) is 7.20. The van der Waals surface area contributed by atoms with Crippen LogP contribution in [-0.4, -0.2) is 14.9 Å². The Hall–Kier alpha value is -2.34. The van der Waals surface area contributed by atoms with Crippen molar-refractivity contribution in [3.63, 3.8) is 0 Å². The van der Waals surface area contributed by atoms with E-state index in [4.69, 9.17) is 5.84 Å². The van der Waals surface area contributed by atoms with Crippen molar-refractivity contribution in [3.8, 4) is 11.4 Å². The third-order valence-corrected chi connectivity index (χ3v) is 4.60. The van der Waals surface area contributed by atoms with Crippen molar-refractivity contribution < 1.29 is 4.39 Å². The van der Waals surface area contributed by atoms with Crippen molar-refractivity contribution in [2.45, 2.75) is 24.8 Å². The molecule has 3 aromatic rings. The molecule has 0 unspecified atom stereocenters. The van der Waals surface area contributed by atoms with E-state index in [9.17, 15) is 4.39 Å². The van der Waals surface area contributed by atoms with Gasteiger partial charge < -0.3 is 5.84 Å². The predicted octanol–water partition coefficient (Wildman–Crippen LogP) is 3.71. The average molecular weight is 328 g/mol. The van der Waals surface area contributed by atoms with Crippen molar-refractivity contribution in [2.75, 3.05) is 5.84 Å². The lowest BCUT2D eigenvalue weighted by Gasteiger charge is -2.07. The number of nitrogen functional groups attached to an aromatic ring is 1. The summed E-state index contributed by atoms with van der Waals surface area (Å²) in [4.78, 5) is 0. The van der Waals surface area contributed by atoms with Crippen LogP contribution < -0.4 is 5.84 Å². The van der Waals surface area contributed by atoms with Crippen molar-refractivity contribution in [1.29, 1.82) is 0 Å². The van der Waals surface area contributed by atoms with Gasteiger partial charge in [0.25, 0.3) is 0 Å². The average Bonchev–Trinajstić information content (AvgIpc) is 2.89. The SMILES string of the molecule is Cc1ccc(C)c(CSc2nnc(-c3cccc(F)c3)n2N)c1. The summed E-state index contributed by atoms with van der Waals surface area (Å²) in [6.07, 6.45) is 0. The Kier molecular flexibility index (Phi) is 4.34. The van der Waals surface area contributed by atoms with Gasteiger partial charge in [0.2, 0.25) is 5.16 Å². The molecule has 23 heavy (non-hydrogen) atoms. The molecular weight excluding hydrogens is 311 g/mol. The highest BCUT2D eigenvalue weighted by molar-refractivity contribution is 7.98. The van der Waals surface area contributed by atoms with Crippen LogP contribution in [0.3, 0.4) is 0 Å². The molecule has 0 saturated heterocycles. The smallest absolute Gasteiger partial charge is 0.210 e. The van der Waals surface area contributed by atoms with Crippen LogP contribution in [0.1, 0.15) is 16.7 Å². The topological polar surface area (TPSA) is 56.7 Å². The summed E-state index contributed by atoms with van der Waals surface area (Å²) in [5, 5.41) is 8.80. The lowest BCUT2D eigenvalue weighted by atomic mass is 10.1. The Morgan fingerprint density at radius 2 is 1.96 bits per heavy atom. The number of hydrogen-bond acceptors (Lipinski definition) is 4. The first-order valence-corrected chi connectivity index (χ1v) is 8.18. The first kappa shape index (κ1) is 15.6. The molecule has 1 heterocycles. The molecule has 0 aliphatic rings. The predicted molar refractivity (Wildman–Crippen MR) is 91.0 cm³/mol. The summed E-state index contributed by atoms with van der Waals surface area (Å²) in [6, 6.07) is 12.5. The quantitative estimate of drug-likeness (QED) is 0.586. The lowest BCUT2D eigenvalue weighted by Crippen LogP contribution is -2.11. The highest BCUT2D eigenvalue weighted by Gasteiger charge is 2.13. The van der Waals surface area contributed by atoms with E-state index in [-0.39, 0.29) is 5.82 Å². The monoisotopic (exact) mass is 328 g/mol. The molecule has 3 rings (SSSR count). The molecule has 0 aliphatic heterocycles. The zero-order chi connectivity index (χ0) is 16.4. The molecule has 0 atom stereocenters. The molecule has 118 valence electrons. The van der Waals surface area contributed by atoms with Crippen LogP contribution in [0.5, 0.6) is 0 Å². The van der Waals surface area contributed by atoms with Gasteiger partial charge in [-0.2, -0.15) is 0 Å². The van der Waals surface area contributed by atoms with Gasteiger partial charge in [-0.25, -0.2) is 9.07 Å². The maximum Gasteiger partial charge on any atom is 0.210 e. The van der Waals surface area contributed by atoms with Crippen LogP contribution in [0.15, 0.2) is 47.6 Å². The summed E-state index contributed by atoms with van der Waals surface area (Å²) in [7, 11) is 0. The van der Waals surface area contributed by atoms with E-state index in [1.54, 1.807) is 12.1 Å². The van der Waals surface area contributed by atoms with Crippen LogP contribution >= 0.6 is 11.8 Å². The third kappa shape index (κ3) is 3.37. The van der Waals surface area contributed by atoms with E-state index in [1.165, 1.54) is 45.3 Å².